The van der Waals surface area contributed by atoms with Gasteiger partial charge in [-0.05, 0) is 47.2 Å². The van der Waals surface area contributed by atoms with E-state index in [-0.39, 0.29) is 17.2 Å². The van der Waals surface area contributed by atoms with Gasteiger partial charge in [-0.1, -0.05) is 49.7 Å². The zero-order valence-corrected chi connectivity index (χ0v) is 18.2. The minimum atomic E-state index is -0.289. The molecule has 2 aliphatic rings. The number of nitrogens with one attached hydrogen (secondary N) is 1. The Balaban J connectivity index is 1.42. The standard InChI is InChI=1S/C24H23ClN4O2/c1-24(2)11-19-21(20(30)12-24)22(29-23(28-19)26-14-27-29)16-5-9-18(10-6-16)31-13-15-3-7-17(25)8-4-15/h3-10,14,22H,11-13H2,1-2H3,(H,26,27,28). The monoisotopic (exact) mass is 434 g/mol. The molecule has 0 saturated heterocycles. The second-order valence-corrected chi connectivity index (χ2v) is 9.31. The smallest absolute Gasteiger partial charge is 0.226 e. The molecule has 5 rings (SSSR count). The van der Waals surface area contributed by atoms with Gasteiger partial charge in [0, 0.05) is 22.7 Å². The van der Waals surface area contributed by atoms with Gasteiger partial charge in [-0.3, -0.25) is 4.79 Å². The summed E-state index contributed by atoms with van der Waals surface area (Å²) in [6.07, 6.45) is 2.85. The van der Waals surface area contributed by atoms with Crippen LogP contribution in [0.15, 0.2) is 66.1 Å². The number of benzene rings is 2. The maximum absolute atomic E-state index is 13.1. The molecule has 1 N–H and O–H groups in total. The highest BCUT2D eigenvalue weighted by molar-refractivity contribution is 6.30. The molecule has 7 heteroatoms. The Labute approximate surface area is 185 Å². The maximum Gasteiger partial charge on any atom is 0.226 e. The summed E-state index contributed by atoms with van der Waals surface area (Å²) in [7, 11) is 0. The molecule has 1 atom stereocenters. The van der Waals surface area contributed by atoms with E-state index < -0.39 is 0 Å². The fraction of sp³-hybridized carbons (Fsp3) is 0.292. The van der Waals surface area contributed by atoms with Crippen LogP contribution >= 0.6 is 11.6 Å². The number of anilines is 1. The second-order valence-electron chi connectivity index (χ2n) is 8.87. The number of hydrogen-bond donors (Lipinski definition) is 1. The van der Waals surface area contributed by atoms with Crippen LogP contribution < -0.4 is 10.1 Å². The molecule has 0 fully saturated rings. The highest BCUT2D eigenvalue weighted by Gasteiger charge is 2.41. The lowest BCUT2D eigenvalue weighted by atomic mass is 9.73. The van der Waals surface area contributed by atoms with Crippen LogP contribution in [0.2, 0.25) is 5.02 Å². The molecule has 158 valence electrons. The number of aromatic nitrogens is 3. The van der Waals surface area contributed by atoms with Crippen LogP contribution in [0.5, 0.6) is 5.75 Å². The minimum absolute atomic E-state index is 0.0744. The molecule has 1 aliphatic heterocycles. The van der Waals surface area contributed by atoms with Gasteiger partial charge >= 0.3 is 0 Å². The normalized spacial score (nSPS) is 19.5. The van der Waals surface area contributed by atoms with E-state index >= 15 is 0 Å². The first kappa shape index (κ1) is 19.8. The Hall–Kier alpha value is -3.12. The van der Waals surface area contributed by atoms with Gasteiger partial charge in [0.05, 0.1) is 0 Å². The van der Waals surface area contributed by atoms with Crippen molar-refractivity contribution in [2.75, 3.05) is 5.32 Å². The quantitative estimate of drug-likeness (QED) is 0.613. The van der Waals surface area contributed by atoms with Crippen LogP contribution in [0.4, 0.5) is 5.95 Å². The molecule has 0 radical (unpaired) electrons. The van der Waals surface area contributed by atoms with Gasteiger partial charge < -0.3 is 10.1 Å². The van der Waals surface area contributed by atoms with Crippen molar-refractivity contribution < 1.29 is 9.53 Å². The first-order chi connectivity index (χ1) is 14.9. The fourth-order valence-electron chi connectivity index (χ4n) is 4.35. The zero-order valence-electron chi connectivity index (χ0n) is 17.4. The number of ether oxygens (including phenoxy) is 1. The van der Waals surface area contributed by atoms with Gasteiger partial charge in [-0.25, -0.2) is 4.68 Å². The number of halogens is 1. The third kappa shape index (κ3) is 3.83. The Bertz CT molecular complexity index is 1160. The van der Waals surface area contributed by atoms with Crippen LogP contribution in [-0.4, -0.2) is 20.5 Å². The van der Waals surface area contributed by atoms with E-state index in [1.807, 2.05) is 48.5 Å². The summed E-state index contributed by atoms with van der Waals surface area (Å²) in [5, 5.41) is 8.43. The van der Waals surface area contributed by atoms with Crippen molar-refractivity contribution in [1.29, 1.82) is 0 Å². The lowest BCUT2D eigenvalue weighted by Crippen LogP contribution is -2.36. The van der Waals surface area contributed by atoms with E-state index in [9.17, 15) is 4.79 Å². The molecule has 31 heavy (non-hydrogen) atoms. The number of Topliss-reactive ketones (excluding diaryl/α,β-unsaturated/α-hetero) is 1. The van der Waals surface area contributed by atoms with E-state index in [0.717, 1.165) is 34.6 Å². The molecule has 0 spiro atoms. The van der Waals surface area contributed by atoms with Crippen molar-refractivity contribution in [3.8, 4) is 5.75 Å². The SMILES string of the molecule is CC1(C)CC(=O)C2=C(C1)Nc1ncnn1C2c1ccc(OCc2ccc(Cl)cc2)cc1. The summed E-state index contributed by atoms with van der Waals surface area (Å²) >= 11 is 5.94. The number of rotatable bonds is 4. The van der Waals surface area contributed by atoms with Gasteiger partial charge in [0.15, 0.2) is 5.78 Å². The topological polar surface area (TPSA) is 69.0 Å². The maximum atomic E-state index is 13.1. The van der Waals surface area contributed by atoms with Crippen LogP contribution in [0.1, 0.15) is 43.9 Å². The lowest BCUT2D eigenvalue weighted by Gasteiger charge is -2.38. The van der Waals surface area contributed by atoms with Crippen LogP contribution in [0.25, 0.3) is 0 Å². The number of fused-ring (bicyclic) bond motifs is 1. The number of nitrogens with zero attached hydrogens (tertiary/aromatic N) is 3. The largest absolute Gasteiger partial charge is 0.489 e. The van der Waals surface area contributed by atoms with Crippen molar-refractivity contribution in [3.63, 3.8) is 0 Å². The molecular weight excluding hydrogens is 412 g/mol. The molecule has 3 aromatic rings. The molecule has 0 saturated carbocycles. The first-order valence-electron chi connectivity index (χ1n) is 10.3. The number of carbonyl (C=O) groups excluding carboxylic acids is 1. The second kappa shape index (κ2) is 7.54. The summed E-state index contributed by atoms with van der Waals surface area (Å²) < 4.78 is 7.70. The van der Waals surface area contributed by atoms with Crippen molar-refractivity contribution in [2.24, 2.45) is 5.41 Å². The van der Waals surface area contributed by atoms with Gasteiger partial charge in [-0.2, -0.15) is 10.1 Å². The van der Waals surface area contributed by atoms with E-state index in [1.54, 1.807) is 4.68 Å². The predicted octanol–water partition coefficient (Wildman–Crippen LogP) is 5.17. The Kier molecular flexibility index (Phi) is 4.82. The number of hydrogen-bond acceptors (Lipinski definition) is 5. The highest BCUT2D eigenvalue weighted by atomic mass is 35.5. The molecule has 1 aromatic heterocycles. The van der Waals surface area contributed by atoms with Gasteiger partial charge in [0.2, 0.25) is 5.95 Å². The Morgan fingerprint density at radius 3 is 2.61 bits per heavy atom. The van der Waals surface area contributed by atoms with E-state index in [0.29, 0.717) is 24.0 Å². The first-order valence-corrected chi connectivity index (χ1v) is 10.7. The third-order valence-electron chi connectivity index (χ3n) is 5.79. The summed E-state index contributed by atoms with van der Waals surface area (Å²) in [6.45, 7) is 4.70. The molecule has 0 bridgehead atoms. The zero-order chi connectivity index (χ0) is 21.6. The predicted molar refractivity (Wildman–Crippen MR) is 119 cm³/mol. The molecule has 2 aromatic carbocycles. The van der Waals surface area contributed by atoms with Crippen molar-refractivity contribution in [1.82, 2.24) is 14.8 Å². The summed E-state index contributed by atoms with van der Waals surface area (Å²) in [5.41, 5.74) is 3.69. The molecule has 6 nitrogen and oxygen atoms in total. The van der Waals surface area contributed by atoms with Crippen molar-refractivity contribution in [2.45, 2.75) is 39.3 Å². The van der Waals surface area contributed by atoms with E-state index in [4.69, 9.17) is 16.3 Å². The molecule has 1 unspecified atom stereocenters. The lowest BCUT2D eigenvalue weighted by molar-refractivity contribution is -0.118. The van der Waals surface area contributed by atoms with Crippen LogP contribution in [-0.2, 0) is 11.4 Å². The van der Waals surface area contributed by atoms with Gasteiger partial charge in [0.25, 0.3) is 0 Å². The van der Waals surface area contributed by atoms with Crippen LogP contribution in [0.3, 0.4) is 0 Å². The van der Waals surface area contributed by atoms with Crippen molar-refractivity contribution in [3.05, 3.63) is 82.3 Å². The van der Waals surface area contributed by atoms with E-state index in [1.165, 1.54) is 6.33 Å². The average molecular weight is 435 g/mol. The number of allylic oxidation sites excluding steroid dienone is 2. The average Bonchev–Trinajstić information content (AvgIpc) is 3.19. The van der Waals surface area contributed by atoms with E-state index in [2.05, 4.69) is 29.2 Å². The number of ketones is 1. The summed E-state index contributed by atoms with van der Waals surface area (Å²) in [4.78, 5) is 17.5. The fourth-order valence-corrected chi connectivity index (χ4v) is 4.48. The molecular formula is C24H23ClN4O2. The van der Waals surface area contributed by atoms with Crippen molar-refractivity contribution >= 4 is 23.3 Å². The Morgan fingerprint density at radius 2 is 1.87 bits per heavy atom. The highest BCUT2D eigenvalue weighted by Crippen LogP contribution is 2.45. The third-order valence-corrected chi connectivity index (χ3v) is 6.04. The van der Waals surface area contributed by atoms with Gasteiger partial charge in [-0.15, -0.1) is 0 Å². The van der Waals surface area contributed by atoms with Crippen LogP contribution in [0, 0.1) is 5.41 Å². The molecule has 1 aliphatic carbocycles. The van der Waals surface area contributed by atoms with Gasteiger partial charge in [0.1, 0.15) is 24.7 Å². The number of carbonyl (C=O) groups is 1. The summed E-state index contributed by atoms with van der Waals surface area (Å²) in [5.74, 6) is 1.59. The minimum Gasteiger partial charge on any atom is -0.489 e. The molecule has 2 heterocycles. The molecule has 0 amide bonds. The Morgan fingerprint density at radius 1 is 1.13 bits per heavy atom. The summed E-state index contributed by atoms with van der Waals surface area (Å²) in [6, 6.07) is 15.2.